The van der Waals surface area contributed by atoms with Gasteiger partial charge in [0.25, 0.3) is 0 Å². The highest BCUT2D eigenvalue weighted by molar-refractivity contribution is 7.89. The summed E-state index contributed by atoms with van der Waals surface area (Å²) in [7, 11) is -2.22. The molecule has 0 heterocycles. The molecule has 0 aliphatic carbocycles. The third kappa shape index (κ3) is 3.21. The number of ether oxygens (including phenoxy) is 1. The molecule has 100 valence electrons. The Morgan fingerprint density at radius 1 is 1.33 bits per heavy atom. The van der Waals surface area contributed by atoms with Crippen LogP contribution in [0.1, 0.15) is 11.1 Å². The van der Waals surface area contributed by atoms with Crippen molar-refractivity contribution in [2.24, 2.45) is 5.73 Å². The second-order valence-electron chi connectivity index (χ2n) is 3.88. The van der Waals surface area contributed by atoms with Gasteiger partial charge in [-0.25, -0.2) is 13.1 Å². The lowest BCUT2D eigenvalue weighted by Gasteiger charge is -2.12. The Hall–Kier alpha value is -1.60. The topological polar surface area (TPSA) is 98.5 Å². The van der Waals surface area contributed by atoms with Gasteiger partial charge >= 0.3 is 0 Å². The van der Waals surface area contributed by atoms with E-state index in [1.54, 1.807) is 19.9 Å². The fourth-order valence-corrected chi connectivity index (χ4v) is 2.82. The molecule has 18 heavy (non-hydrogen) atoms. The fourth-order valence-electron chi connectivity index (χ4n) is 1.52. The van der Waals surface area contributed by atoms with Gasteiger partial charge in [-0.2, -0.15) is 0 Å². The maximum atomic E-state index is 11.9. The fraction of sp³-hybridized carbons (Fsp3) is 0.364. The van der Waals surface area contributed by atoms with Crippen molar-refractivity contribution in [1.82, 2.24) is 4.72 Å². The van der Waals surface area contributed by atoms with Gasteiger partial charge in [-0.1, -0.05) is 0 Å². The Bertz CT molecular complexity index is 567. The summed E-state index contributed by atoms with van der Waals surface area (Å²) in [6, 6.07) is 3.13. The summed E-state index contributed by atoms with van der Waals surface area (Å²) in [6.07, 6.45) is 0. The molecule has 1 aromatic rings. The number of nitrogens with two attached hydrogens (primary N) is 1. The van der Waals surface area contributed by atoms with Gasteiger partial charge in [0.05, 0.1) is 18.6 Å². The Morgan fingerprint density at radius 2 is 1.94 bits per heavy atom. The number of hydrogen-bond acceptors (Lipinski definition) is 4. The van der Waals surface area contributed by atoms with Crippen LogP contribution in [0, 0.1) is 13.8 Å². The van der Waals surface area contributed by atoms with Crippen LogP contribution in [0.15, 0.2) is 17.0 Å². The van der Waals surface area contributed by atoms with E-state index < -0.39 is 22.5 Å². The van der Waals surface area contributed by atoms with Crippen LogP contribution >= 0.6 is 0 Å². The van der Waals surface area contributed by atoms with Crippen molar-refractivity contribution in [3.63, 3.8) is 0 Å². The van der Waals surface area contributed by atoms with Crippen LogP contribution in [0.2, 0.25) is 0 Å². The van der Waals surface area contributed by atoms with E-state index in [0.29, 0.717) is 16.9 Å². The van der Waals surface area contributed by atoms with Crippen LogP contribution < -0.4 is 15.2 Å². The van der Waals surface area contributed by atoms with Gasteiger partial charge in [0.15, 0.2) is 0 Å². The van der Waals surface area contributed by atoms with Gasteiger partial charge in [0, 0.05) is 0 Å². The maximum absolute atomic E-state index is 11.9. The molecule has 0 saturated heterocycles. The van der Waals surface area contributed by atoms with Crippen molar-refractivity contribution in [2.45, 2.75) is 18.7 Å². The third-order valence-corrected chi connectivity index (χ3v) is 3.96. The number of aryl methyl sites for hydroxylation is 2. The first-order chi connectivity index (χ1) is 8.27. The molecule has 0 radical (unpaired) electrons. The molecule has 0 saturated carbocycles. The summed E-state index contributed by atoms with van der Waals surface area (Å²) >= 11 is 0. The number of nitrogens with one attached hydrogen (secondary N) is 1. The van der Waals surface area contributed by atoms with Crippen molar-refractivity contribution >= 4 is 15.9 Å². The van der Waals surface area contributed by atoms with Crippen LogP contribution in [0.5, 0.6) is 5.75 Å². The van der Waals surface area contributed by atoms with Crippen molar-refractivity contribution < 1.29 is 17.9 Å². The van der Waals surface area contributed by atoms with Gasteiger partial charge < -0.3 is 10.5 Å². The number of carbonyl (C=O) groups excluding carboxylic acids is 1. The van der Waals surface area contributed by atoms with E-state index in [9.17, 15) is 13.2 Å². The molecule has 3 N–H and O–H groups in total. The summed E-state index contributed by atoms with van der Waals surface area (Å²) < 4.78 is 31.1. The zero-order chi connectivity index (χ0) is 13.9. The quantitative estimate of drug-likeness (QED) is 0.792. The standard InChI is InChI=1S/C11H16N2O4S/c1-7-5-10(8(2)4-9(7)17-3)18(15,16)13-6-11(12)14/h4-5,13H,6H2,1-3H3,(H2,12,14). The minimum absolute atomic E-state index is 0.113. The first-order valence-electron chi connectivity index (χ1n) is 5.21. The van der Waals surface area contributed by atoms with E-state index in [4.69, 9.17) is 10.5 Å². The Morgan fingerprint density at radius 3 is 2.44 bits per heavy atom. The molecular formula is C11H16N2O4S. The van der Waals surface area contributed by atoms with Crippen LogP contribution in [0.3, 0.4) is 0 Å². The predicted molar refractivity (Wildman–Crippen MR) is 66.9 cm³/mol. The van der Waals surface area contributed by atoms with Crippen molar-refractivity contribution in [2.75, 3.05) is 13.7 Å². The molecule has 6 nitrogen and oxygen atoms in total. The molecule has 0 aliphatic heterocycles. The van der Waals surface area contributed by atoms with Gasteiger partial charge in [0.2, 0.25) is 15.9 Å². The monoisotopic (exact) mass is 272 g/mol. The number of carbonyl (C=O) groups is 1. The highest BCUT2D eigenvalue weighted by Crippen LogP contribution is 2.25. The lowest BCUT2D eigenvalue weighted by atomic mass is 10.1. The molecule has 1 amide bonds. The zero-order valence-corrected chi connectivity index (χ0v) is 11.3. The third-order valence-electron chi connectivity index (χ3n) is 2.42. The molecule has 0 aliphatic rings. The molecule has 1 aromatic carbocycles. The zero-order valence-electron chi connectivity index (χ0n) is 10.5. The van der Waals surface area contributed by atoms with E-state index in [2.05, 4.69) is 4.72 Å². The predicted octanol–water partition coefficient (Wildman–Crippen LogP) is 0.0756. The number of hydrogen-bond donors (Lipinski definition) is 2. The van der Waals surface area contributed by atoms with Crippen LogP contribution in [-0.2, 0) is 14.8 Å². The normalized spacial score (nSPS) is 11.3. The smallest absolute Gasteiger partial charge is 0.241 e. The largest absolute Gasteiger partial charge is 0.496 e. The van der Waals surface area contributed by atoms with E-state index in [-0.39, 0.29) is 4.90 Å². The molecule has 7 heteroatoms. The van der Waals surface area contributed by atoms with Crippen molar-refractivity contribution in [3.8, 4) is 5.75 Å². The molecular weight excluding hydrogens is 256 g/mol. The van der Waals surface area contributed by atoms with Gasteiger partial charge in [-0.3, -0.25) is 4.79 Å². The molecule has 0 aromatic heterocycles. The SMILES string of the molecule is COc1cc(C)c(S(=O)(=O)NCC(N)=O)cc1C. The molecule has 0 unspecified atom stereocenters. The second kappa shape index (κ2) is 5.36. The Balaban J connectivity index is 3.17. The number of methoxy groups -OCH3 is 1. The number of amides is 1. The summed E-state index contributed by atoms with van der Waals surface area (Å²) in [6.45, 7) is 2.97. The van der Waals surface area contributed by atoms with E-state index in [1.165, 1.54) is 13.2 Å². The highest BCUT2D eigenvalue weighted by atomic mass is 32.2. The number of sulfonamides is 1. The first-order valence-corrected chi connectivity index (χ1v) is 6.69. The van der Waals surface area contributed by atoms with Crippen LogP contribution in [-0.4, -0.2) is 28.0 Å². The van der Waals surface area contributed by atoms with Crippen LogP contribution in [0.4, 0.5) is 0 Å². The van der Waals surface area contributed by atoms with Gasteiger partial charge in [0.1, 0.15) is 5.75 Å². The molecule has 0 fully saturated rings. The lowest BCUT2D eigenvalue weighted by Crippen LogP contribution is -2.33. The maximum Gasteiger partial charge on any atom is 0.241 e. The first kappa shape index (κ1) is 14.5. The number of benzene rings is 1. The van der Waals surface area contributed by atoms with E-state index in [0.717, 1.165) is 0 Å². The summed E-state index contributed by atoms with van der Waals surface area (Å²) in [5.41, 5.74) is 6.14. The van der Waals surface area contributed by atoms with Crippen molar-refractivity contribution in [3.05, 3.63) is 23.3 Å². The molecule has 0 spiro atoms. The average Bonchev–Trinajstić information content (AvgIpc) is 2.29. The Labute approximate surface area is 106 Å². The Kier molecular flexibility index (Phi) is 4.31. The van der Waals surface area contributed by atoms with E-state index in [1.807, 2.05) is 0 Å². The minimum atomic E-state index is -3.74. The lowest BCUT2D eigenvalue weighted by molar-refractivity contribution is -0.116. The number of primary amides is 1. The molecule has 0 atom stereocenters. The van der Waals surface area contributed by atoms with Crippen LogP contribution in [0.25, 0.3) is 0 Å². The summed E-state index contributed by atoms with van der Waals surface area (Å²) in [4.78, 5) is 10.7. The minimum Gasteiger partial charge on any atom is -0.496 e. The van der Waals surface area contributed by atoms with Crippen molar-refractivity contribution in [1.29, 1.82) is 0 Å². The van der Waals surface area contributed by atoms with E-state index >= 15 is 0 Å². The highest BCUT2D eigenvalue weighted by Gasteiger charge is 2.18. The average molecular weight is 272 g/mol. The molecule has 1 rings (SSSR count). The molecule has 0 bridgehead atoms. The number of rotatable bonds is 5. The summed E-state index contributed by atoms with van der Waals surface area (Å²) in [5.74, 6) is -0.122. The van der Waals surface area contributed by atoms with Gasteiger partial charge in [-0.15, -0.1) is 0 Å². The van der Waals surface area contributed by atoms with Gasteiger partial charge in [-0.05, 0) is 37.1 Å². The summed E-state index contributed by atoms with van der Waals surface area (Å²) in [5, 5.41) is 0. The second-order valence-corrected chi connectivity index (χ2v) is 5.61.